The van der Waals surface area contributed by atoms with E-state index in [1.165, 1.54) is 21.1 Å². The van der Waals surface area contributed by atoms with Gasteiger partial charge in [0, 0.05) is 30.1 Å². The number of benzene rings is 4. The van der Waals surface area contributed by atoms with Gasteiger partial charge < -0.3 is 29.7 Å². The zero-order chi connectivity index (χ0) is 28.6. The number of nitrogens with one attached hydrogen (secondary N) is 1. The van der Waals surface area contributed by atoms with E-state index in [1.54, 1.807) is 60.7 Å². The topological polar surface area (TPSA) is 147 Å². The number of azo groups is 2. The summed E-state index contributed by atoms with van der Waals surface area (Å²) < 4.78 is 16.3. The summed E-state index contributed by atoms with van der Waals surface area (Å²) in [6, 6.07) is 17.2. The predicted molar refractivity (Wildman–Crippen MR) is 152 cm³/mol. The van der Waals surface area contributed by atoms with Crippen molar-refractivity contribution in [2.75, 3.05) is 32.8 Å². The van der Waals surface area contributed by atoms with Gasteiger partial charge in [0.1, 0.15) is 40.9 Å². The van der Waals surface area contributed by atoms with Gasteiger partial charge in [-0.1, -0.05) is 6.07 Å². The Labute approximate surface area is 230 Å². The second-order valence-corrected chi connectivity index (χ2v) is 8.67. The Morgan fingerprint density at radius 2 is 1.50 bits per heavy atom. The molecule has 11 heteroatoms. The molecule has 0 saturated heterocycles. The maximum absolute atomic E-state index is 11.3. The molecule has 0 fully saturated rings. The highest BCUT2D eigenvalue weighted by atomic mass is 16.5. The van der Waals surface area contributed by atoms with Crippen molar-refractivity contribution in [2.24, 2.45) is 20.5 Å². The number of carbonyl (C=O) groups is 1. The van der Waals surface area contributed by atoms with Crippen LogP contribution in [0.5, 0.6) is 23.0 Å². The van der Waals surface area contributed by atoms with Gasteiger partial charge in [-0.2, -0.15) is 5.11 Å². The summed E-state index contributed by atoms with van der Waals surface area (Å²) in [5, 5.41) is 41.0. The summed E-state index contributed by atoms with van der Waals surface area (Å²) in [5.41, 5.74) is 3.19. The van der Waals surface area contributed by atoms with Crippen LogP contribution in [0.2, 0.25) is 0 Å². The second kappa shape index (κ2) is 12.7. The minimum absolute atomic E-state index is 0.0292. The van der Waals surface area contributed by atoms with Crippen LogP contribution in [0.4, 0.5) is 28.4 Å². The Morgan fingerprint density at radius 1 is 0.825 bits per heavy atom. The molecular weight excluding hydrogens is 514 g/mol. The van der Waals surface area contributed by atoms with Crippen molar-refractivity contribution < 1.29 is 29.2 Å². The molecule has 0 bridgehead atoms. The molecular formula is C29H29N5O6. The lowest BCUT2D eigenvalue weighted by Crippen LogP contribution is -2.05. The number of aryl methyl sites for hydroxylation is 1. The molecule has 0 atom stereocenters. The van der Waals surface area contributed by atoms with E-state index in [1.807, 2.05) is 6.92 Å². The van der Waals surface area contributed by atoms with Gasteiger partial charge in [0.15, 0.2) is 5.75 Å². The standard InChI is InChI=1S/C29H29N5O6/c1-17-13-26(34-32-24-9-5-19-14-20(30-18(2)36)6-8-22(19)29(24)37)28(39-4)16-25(17)33-31-23-10-7-21(40-12-11-35)15-27(23)38-3/h5-10,13-16,35,37H,11-12H2,1-4H3,(H,30,36). The van der Waals surface area contributed by atoms with Gasteiger partial charge in [-0.05, 0) is 60.3 Å². The number of amides is 1. The SMILES string of the molecule is COc1cc(OCCO)ccc1N=Nc1cc(OC)c(N=Nc2ccc3cc(NC(C)=O)ccc3c2O)cc1C. The lowest BCUT2D eigenvalue weighted by atomic mass is 10.1. The highest BCUT2D eigenvalue weighted by molar-refractivity contribution is 5.97. The average molecular weight is 544 g/mol. The van der Waals surface area contributed by atoms with Crippen molar-refractivity contribution >= 4 is 45.1 Å². The van der Waals surface area contributed by atoms with Crippen LogP contribution >= 0.6 is 0 Å². The molecule has 0 unspecified atom stereocenters. The van der Waals surface area contributed by atoms with E-state index in [4.69, 9.17) is 19.3 Å². The van der Waals surface area contributed by atoms with Crippen LogP contribution in [-0.4, -0.2) is 43.6 Å². The normalized spacial score (nSPS) is 11.3. The lowest BCUT2D eigenvalue weighted by molar-refractivity contribution is -0.114. The lowest BCUT2D eigenvalue weighted by Gasteiger charge is -2.09. The molecule has 3 N–H and O–H groups in total. The van der Waals surface area contributed by atoms with Crippen molar-refractivity contribution in [3.63, 3.8) is 0 Å². The van der Waals surface area contributed by atoms with Gasteiger partial charge in [-0.15, -0.1) is 15.3 Å². The number of aliphatic hydroxyl groups is 1. The molecule has 206 valence electrons. The Bertz CT molecular complexity index is 1600. The monoisotopic (exact) mass is 543 g/mol. The zero-order valence-corrected chi connectivity index (χ0v) is 22.5. The minimum Gasteiger partial charge on any atom is -0.505 e. The quantitative estimate of drug-likeness (QED) is 0.183. The van der Waals surface area contributed by atoms with Crippen molar-refractivity contribution in [1.82, 2.24) is 0 Å². The molecule has 0 spiro atoms. The number of rotatable bonds is 10. The molecule has 0 heterocycles. The van der Waals surface area contributed by atoms with Crippen LogP contribution in [0.3, 0.4) is 0 Å². The Hall–Kier alpha value is -5.03. The first-order valence-corrected chi connectivity index (χ1v) is 12.3. The van der Waals surface area contributed by atoms with Crippen LogP contribution in [0.15, 0.2) is 81.1 Å². The molecule has 40 heavy (non-hydrogen) atoms. The smallest absolute Gasteiger partial charge is 0.221 e. The van der Waals surface area contributed by atoms with Crippen LogP contribution < -0.4 is 19.5 Å². The molecule has 4 aromatic carbocycles. The first-order chi connectivity index (χ1) is 19.3. The number of phenols is 1. The Morgan fingerprint density at radius 3 is 2.23 bits per heavy atom. The summed E-state index contributed by atoms with van der Waals surface area (Å²) in [5.74, 6) is 1.23. The third-order valence-corrected chi connectivity index (χ3v) is 5.83. The maximum Gasteiger partial charge on any atom is 0.221 e. The van der Waals surface area contributed by atoms with E-state index in [0.29, 0.717) is 45.4 Å². The fourth-order valence-corrected chi connectivity index (χ4v) is 3.88. The molecule has 1 amide bonds. The fourth-order valence-electron chi connectivity index (χ4n) is 3.88. The van der Waals surface area contributed by atoms with Crippen molar-refractivity contribution in [3.05, 3.63) is 66.2 Å². The first kappa shape index (κ1) is 28.0. The number of anilines is 1. The van der Waals surface area contributed by atoms with E-state index in [9.17, 15) is 9.90 Å². The van der Waals surface area contributed by atoms with E-state index >= 15 is 0 Å². The number of aliphatic hydroxyl groups excluding tert-OH is 1. The number of aromatic hydroxyl groups is 1. The summed E-state index contributed by atoms with van der Waals surface area (Å²) in [6.07, 6.45) is 0. The van der Waals surface area contributed by atoms with E-state index in [-0.39, 0.29) is 30.6 Å². The number of hydrogen-bond acceptors (Lipinski definition) is 10. The van der Waals surface area contributed by atoms with Gasteiger partial charge in [0.25, 0.3) is 0 Å². The van der Waals surface area contributed by atoms with Crippen molar-refractivity contribution in [1.29, 1.82) is 0 Å². The number of hydrogen-bond donors (Lipinski definition) is 3. The molecule has 0 aliphatic rings. The van der Waals surface area contributed by atoms with Crippen LogP contribution in [0, 0.1) is 6.92 Å². The summed E-state index contributed by atoms with van der Waals surface area (Å²) in [6.45, 7) is 3.37. The molecule has 0 radical (unpaired) electrons. The number of fused-ring (bicyclic) bond motifs is 1. The highest BCUT2D eigenvalue weighted by Gasteiger charge is 2.11. The summed E-state index contributed by atoms with van der Waals surface area (Å²) in [7, 11) is 3.04. The zero-order valence-electron chi connectivity index (χ0n) is 22.5. The first-order valence-electron chi connectivity index (χ1n) is 12.3. The number of phenolic OH excluding ortho intramolecular Hbond substituents is 1. The van der Waals surface area contributed by atoms with Crippen LogP contribution in [-0.2, 0) is 4.79 Å². The number of carbonyl (C=O) groups excluding carboxylic acids is 1. The third kappa shape index (κ3) is 6.51. The fraction of sp³-hybridized carbons (Fsp3) is 0.207. The van der Waals surface area contributed by atoms with E-state index in [2.05, 4.69) is 25.8 Å². The highest BCUT2D eigenvalue weighted by Crippen LogP contribution is 2.40. The number of nitrogens with zero attached hydrogens (tertiary/aromatic N) is 4. The van der Waals surface area contributed by atoms with Crippen LogP contribution in [0.25, 0.3) is 10.8 Å². The van der Waals surface area contributed by atoms with Gasteiger partial charge in [0.05, 0.1) is 26.5 Å². The third-order valence-electron chi connectivity index (χ3n) is 5.83. The van der Waals surface area contributed by atoms with Crippen LogP contribution in [0.1, 0.15) is 12.5 Å². The maximum atomic E-state index is 11.3. The van der Waals surface area contributed by atoms with Gasteiger partial charge in [-0.25, -0.2) is 0 Å². The number of ether oxygens (including phenoxy) is 3. The number of methoxy groups -OCH3 is 2. The predicted octanol–water partition coefficient (Wildman–Crippen LogP) is 7.03. The van der Waals surface area contributed by atoms with Crippen molar-refractivity contribution in [2.45, 2.75) is 13.8 Å². The molecule has 0 saturated carbocycles. The summed E-state index contributed by atoms with van der Waals surface area (Å²) in [4.78, 5) is 11.3. The largest absolute Gasteiger partial charge is 0.505 e. The minimum atomic E-state index is -0.176. The Balaban J connectivity index is 1.58. The second-order valence-electron chi connectivity index (χ2n) is 8.67. The van der Waals surface area contributed by atoms with E-state index < -0.39 is 0 Å². The van der Waals surface area contributed by atoms with Gasteiger partial charge in [-0.3, -0.25) is 4.79 Å². The molecule has 0 aromatic heterocycles. The van der Waals surface area contributed by atoms with Gasteiger partial charge in [0.2, 0.25) is 5.91 Å². The molecule has 11 nitrogen and oxygen atoms in total. The molecule has 4 aromatic rings. The molecule has 4 rings (SSSR count). The van der Waals surface area contributed by atoms with Crippen molar-refractivity contribution in [3.8, 4) is 23.0 Å². The molecule has 0 aliphatic heterocycles. The van der Waals surface area contributed by atoms with E-state index in [0.717, 1.165) is 10.9 Å². The average Bonchev–Trinajstić information content (AvgIpc) is 2.95. The van der Waals surface area contributed by atoms with Gasteiger partial charge >= 0.3 is 0 Å². The summed E-state index contributed by atoms with van der Waals surface area (Å²) >= 11 is 0. The molecule has 0 aliphatic carbocycles. The Kier molecular flexibility index (Phi) is 8.87.